The molecule has 263 valence electrons. The third kappa shape index (κ3) is 9.99. The van der Waals surface area contributed by atoms with E-state index in [2.05, 4.69) is 100 Å². The Kier molecular flexibility index (Phi) is 14.5. The minimum Gasteiger partial charge on any atom is -0.512 e. The van der Waals surface area contributed by atoms with E-state index in [1.54, 1.807) is 0 Å². The Morgan fingerprint density at radius 2 is 1.53 bits per heavy atom. The number of carbonyl (C=O) groups excluding carboxylic acids is 1. The summed E-state index contributed by atoms with van der Waals surface area (Å²) >= 11 is 0. The average Bonchev–Trinajstić information content (AvgIpc) is 3.47. The normalized spacial score (nSPS) is 12.0. The molecule has 0 atom stereocenters. The van der Waals surface area contributed by atoms with Gasteiger partial charge in [-0.25, -0.2) is 4.98 Å². The van der Waals surface area contributed by atoms with E-state index in [1.165, 1.54) is 17.0 Å². The summed E-state index contributed by atoms with van der Waals surface area (Å²) in [6.07, 6.45) is 9.51. The van der Waals surface area contributed by atoms with E-state index in [0.29, 0.717) is 11.6 Å². The fourth-order valence-electron chi connectivity index (χ4n) is 6.26. The molecule has 6 heteroatoms. The fraction of sp³-hybridized carbons (Fsp3) is 0.419. The molecule has 0 saturated carbocycles. The van der Waals surface area contributed by atoms with Crippen LogP contribution in [-0.4, -0.2) is 20.9 Å². The van der Waals surface area contributed by atoms with Gasteiger partial charge in [-0.3, -0.25) is 9.78 Å². The largest absolute Gasteiger partial charge is 0.512 e. The number of rotatable bonds is 11. The first kappa shape index (κ1) is 39.8. The number of fused-ring (bicyclic) bond motifs is 2. The van der Waals surface area contributed by atoms with Crippen molar-refractivity contribution in [3.05, 3.63) is 96.2 Å². The van der Waals surface area contributed by atoms with Crippen LogP contribution < -0.4 is 0 Å². The van der Waals surface area contributed by atoms with E-state index in [4.69, 9.17) is 9.40 Å². The second kappa shape index (κ2) is 17.9. The van der Waals surface area contributed by atoms with Gasteiger partial charge in [0.05, 0.1) is 5.76 Å². The van der Waals surface area contributed by atoms with Crippen molar-refractivity contribution in [3.63, 3.8) is 0 Å². The molecule has 0 aliphatic heterocycles. The van der Waals surface area contributed by atoms with E-state index in [9.17, 15) is 9.90 Å². The van der Waals surface area contributed by atoms with Gasteiger partial charge in [0.1, 0.15) is 5.76 Å². The number of ketones is 1. The Labute approximate surface area is 307 Å². The number of aliphatic hydroxyl groups excluding tert-OH is 1. The number of hydrogen-bond acceptors (Lipinski definition) is 5. The third-order valence-electron chi connectivity index (χ3n) is 9.11. The first-order valence-electron chi connectivity index (χ1n) is 17.6. The van der Waals surface area contributed by atoms with Gasteiger partial charge in [-0.2, -0.15) is 0 Å². The maximum atomic E-state index is 11.7. The Balaban J connectivity index is 0.000000347. The zero-order valence-electron chi connectivity index (χ0n) is 30.7. The first-order valence-corrected chi connectivity index (χ1v) is 17.6. The number of pyridine rings is 2. The monoisotopic (exact) mass is 838 g/mol. The Hall–Kier alpha value is -3.60. The molecule has 0 unspecified atom stereocenters. The smallest absolute Gasteiger partial charge is 0.226 e. The minimum absolute atomic E-state index is 0. The molecule has 5 rings (SSSR count). The minimum atomic E-state index is 0. The van der Waals surface area contributed by atoms with E-state index >= 15 is 0 Å². The summed E-state index contributed by atoms with van der Waals surface area (Å²) in [6, 6.07) is 22.7. The summed E-state index contributed by atoms with van der Waals surface area (Å²) < 4.78 is 6.02. The summed E-state index contributed by atoms with van der Waals surface area (Å²) in [4.78, 5) is 20.9. The average molecular weight is 838 g/mol. The number of benzene rings is 2. The van der Waals surface area contributed by atoms with Crippen LogP contribution in [0.4, 0.5) is 0 Å². The van der Waals surface area contributed by atoms with Gasteiger partial charge in [0.25, 0.3) is 0 Å². The maximum absolute atomic E-state index is 11.7. The quantitative estimate of drug-likeness (QED) is 0.0815. The van der Waals surface area contributed by atoms with Gasteiger partial charge < -0.3 is 9.52 Å². The van der Waals surface area contributed by atoms with Crippen molar-refractivity contribution in [2.24, 2.45) is 17.8 Å². The zero-order valence-corrected chi connectivity index (χ0v) is 33.1. The summed E-state index contributed by atoms with van der Waals surface area (Å²) in [6.45, 7) is 19.2. The molecule has 0 aliphatic rings. The molecule has 1 N–H and O–H groups in total. The molecule has 0 fully saturated rings. The molecule has 0 spiro atoms. The summed E-state index contributed by atoms with van der Waals surface area (Å²) in [5, 5.41) is 13.2. The van der Waals surface area contributed by atoms with E-state index in [-0.39, 0.29) is 48.9 Å². The summed E-state index contributed by atoms with van der Waals surface area (Å²) in [5.74, 6) is 2.06. The Morgan fingerprint density at radius 3 is 2.16 bits per heavy atom. The Morgan fingerprint density at radius 1 is 0.878 bits per heavy atom. The Bertz CT molecular complexity index is 1860. The fourth-order valence-corrected chi connectivity index (χ4v) is 6.26. The van der Waals surface area contributed by atoms with Gasteiger partial charge in [-0.05, 0) is 66.3 Å². The zero-order chi connectivity index (χ0) is 35.0. The second-order valence-electron chi connectivity index (χ2n) is 14.2. The van der Waals surface area contributed by atoms with Gasteiger partial charge in [-0.15, -0.1) is 29.1 Å². The molecular formula is C43H53IrN2O3-. The van der Waals surface area contributed by atoms with Crippen molar-refractivity contribution in [2.75, 3.05) is 0 Å². The SMILES string of the molecule is CC(C)Cc1cc2c(-c3ccnc(-c4[c-]c5ccccc5c(C(C)(C)C)c4)c3)ccnc2o1.CCC(CC)C(=O)/C=C(\O)C(CC)CC.[Ir]. The van der Waals surface area contributed by atoms with Crippen molar-refractivity contribution in [2.45, 2.75) is 99.8 Å². The predicted molar refractivity (Wildman–Crippen MR) is 200 cm³/mol. The van der Waals surface area contributed by atoms with Crippen molar-refractivity contribution in [1.29, 1.82) is 0 Å². The first-order chi connectivity index (χ1) is 22.9. The van der Waals surface area contributed by atoms with Gasteiger partial charge in [0, 0.05) is 67.9 Å². The topological polar surface area (TPSA) is 76.2 Å². The van der Waals surface area contributed by atoms with Crippen LogP contribution in [0.3, 0.4) is 0 Å². The van der Waals surface area contributed by atoms with Crippen LogP contribution in [0.15, 0.2) is 83.2 Å². The molecule has 3 heterocycles. The van der Waals surface area contributed by atoms with Gasteiger partial charge in [-0.1, -0.05) is 97.5 Å². The molecule has 2 aromatic carbocycles. The van der Waals surface area contributed by atoms with Crippen LogP contribution in [0.2, 0.25) is 0 Å². The van der Waals surface area contributed by atoms with Gasteiger partial charge in [0.15, 0.2) is 5.78 Å². The van der Waals surface area contributed by atoms with Crippen LogP contribution in [-0.2, 0) is 36.7 Å². The second-order valence-corrected chi connectivity index (χ2v) is 14.2. The van der Waals surface area contributed by atoms with Crippen molar-refractivity contribution >= 4 is 27.7 Å². The summed E-state index contributed by atoms with van der Waals surface area (Å²) in [5.41, 5.74) is 6.15. The van der Waals surface area contributed by atoms with Crippen molar-refractivity contribution < 1.29 is 34.4 Å². The number of hydrogen-bond donors (Lipinski definition) is 1. The third-order valence-corrected chi connectivity index (χ3v) is 9.11. The molecule has 3 aromatic heterocycles. The number of nitrogens with zero attached hydrogens (tertiary/aromatic N) is 2. The van der Waals surface area contributed by atoms with Gasteiger partial charge >= 0.3 is 0 Å². The molecule has 5 nitrogen and oxygen atoms in total. The molecular weight excluding hydrogens is 785 g/mol. The van der Waals surface area contributed by atoms with Gasteiger partial charge in [0.2, 0.25) is 5.71 Å². The number of allylic oxidation sites excluding steroid dienone is 2. The number of aromatic nitrogens is 2. The maximum Gasteiger partial charge on any atom is 0.226 e. The number of carbonyl (C=O) groups is 1. The van der Waals surface area contributed by atoms with Crippen molar-refractivity contribution in [1.82, 2.24) is 9.97 Å². The number of aliphatic hydroxyl groups is 1. The predicted octanol–water partition coefficient (Wildman–Crippen LogP) is 11.9. The van der Waals surface area contributed by atoms with Crippen LogP contribution in [0.5, 0.6) is 0 Å². The van der Waals surface area contributed by atoms with Crippen molar-refractivity contribution in [3.8, 4) is 22.4 Å². The summed E-state index contributed by atoms with van der Waals surface area (Å²) in [7, 11) is 0. The number of furan rings is 1. The van der Waals surface area contributed by atoms with E-state index in [1.807, 2.05) is 40.1 Å². The molecule has 5 aromatic rings. The molecule has 0 amide bonds. The van der Waals surface area contributed by atoms with Crippen LogP contribution in [0.25, 0.3) is 44.3 Å². The molecule has 49 heavy (non-hydrogen) atoms. The van der Waals surface area contributed by atoms with E-state index < -0.39 is 0 Å². The van der Waals surface area contributed by atoms with E-state index in [0.717, 1.165) is 71.0 Å². The molecule has 1 radical (unpaired) electrons. The van der Waals surface area contributed by atoms with Crippen LogP contribution in [0, 0.1) is 23.8 Å². The molecule has 0 bridgehead atoms. The standard InChI is InChI=1S/C30H29N2O.C13H24O2.Ir/c1-19(2)14-23-18-26-24(11-13-32-29(26)33-23)21-10-12-31-28(17-21)22-15-20-8-6-7-9-25(20)27(16-22)30(3,4)5;1-5-10(6-2)12(14)9-13(15)11(7-3)8-4;/h6-13,16-19H,14H2,1-5H3;9-11,14H,5-8H2,1-4H3;/q-1;;/b;12-9-;. The molecule has 0 aliphatic carbocycles. The molecule has 0 saturated heterocycles. The van der Waals surface area contributed by atoms with Crippen LogP contribution in [0.1, 0.15) is 99.3 Å². The van der Waals surface area contributed by atoms with Crippen LogP contribution >= 0.6 is 0 Å².